The first-order valence-electron chi connectivity index (χ1n) is 7.67. The van der Waals surface area contributed by atoms with Gasteiger partial charge in [-0.3, -0.25) is 4.79 Å². The van der Waals surface area contributed by atoms with Gasteiger partial charge in [-0.25, -0.2) is 0 Å². The minimum atomic E-state index is -0.471. The first kappa shape index (κ1) is 16.1. The predicted molar refractivity (Wildman–Crippen MR) is 86.6 cm³/mol. The third kappa shape index (κ3) is 3.49. The fourth-order valence-electron chi connectivity index (χ4n) is 3.30. The number of rotatable bonds is 6. The van der Waals surface area contributed by atoms with Gasteiger partial charge < -0.3 is 4.74 Å². The van der Waals surface area contributed by atoms with Gasteiger partial charge in [0.15, 0.2) is 0 Å². The number of carbonyl (C=O) groups excluding carboxylic acids is 1. The molecule has 2 rings (SSSR count). The minimum absolute atomic E-state index is 0.0756. The van der Waals surface area contributed by atoms with Crippen LogP contribution in [-0.2, 0) is 9.53 Å². The average Bonchev–Trinajstić information content (AvgIpc) is 2.54. The van der Waals surface area contributed by atoms with Gasteiger partial charge in [-0.05, 0) is 38.2 Å². The summed E-state index contributed by atoms with van der Waals surface area (Å²) in [5.74, 6) is 0.672. The molecule has 0 aromatic heterocycles. The second-order valence-electron chi connectivity index (χ2n) is 5.54. The van der Waals surface area contributed by atoms with E-state index in [0.29, 0.717) is 12.5 Å². The number of ether oxygens (including phenoxy) is 1. The minimum Gasteiger partial charge on any atom is -0.466 e. The van der Waals surface area contributed by atoms with Crippen LogP contribution in [0.15, 0.2) is 42.5 Å². The standard InChI is InChI=1S/C18H23ClO2/c1-2-21-17(20)18(13-8-14-19)12-7-6-11-16(18)15-9-4-3-5-10-15/h3-7,9-10,16H,2,8,11-14H2,1H3. The van der Waals surface area contributed by atoms with Gasteiger partial charge in [0.2, 0.25) is 0 Å². The molecular weight excluding hydrogens is 284 g/mol. The number of esters is 1. The molecule has 1 aromatic carbocycles. The van der Waals surface area contributed by atoms with E-state index in [1.54, 1.807) is 0 Å². The third-order valence-electron chi connectivity index (χ3n) is 4.33. The Balaban J connectivity index is 2.38. The number of allylic oxidation sites excluding steroid dienone is 2. The molecule has 0 N–H and O–H groups in total. The van der Waals surface area contributed by atoms with Crippen LogP contribution in [0.5, 0.6) is 0 Å². The Labute approximate surface area is 132 Å². The number of halogens is 1. The van der Waals surface area contributed by atoms with Crippen LogP contribution in [0.4, 0.5) is 0 Å². The number of alkyl halides is 1. The Hall–Kier alpha value is -1.28. The highest BCUT2D eigenvalue weighted by molar-refractivity contribution is 6.17. The summed E-state index contributed by atoms with van der Waals surface area (Å²) >= 11 is 5.89. The fourth-order valence-corrected chi connectivity index (χ4v) is 3.43. The molecule has 1 aliphatic rings. The summed E-state index contributed by atoms with van der Waals surface area (Å²) in [6, 6.07) is 10.3. The average molecular weight is 307 g/mol. The number of benzene rings is 1. The van der Waals surface area contributed by atoms with Crippen molar-refractivity contribution in [3.8, 4) is 0 Å². The Morgan fingerprint density at radius 1 is 1.33 bits per heavy atom. The Bertz CT molecular complexity index is 483. The Kier molecular flexibility index (Phi) is 5.86. The van der Waals surface area contributed by atoms with E-state index in [-0.39, 0.29) is 11.9 Å². The maximum Gasteiger partial charge on any atom is 0.313 e. The molecule has 3 heteroatoms. The lowest BCUT2D eigenvalue weighted by Gasteiger charge is -2.40. The van der Waals surface area contributed by atoms with Crippen LogP contribution in [-0.4, -0.2) is 18.5 Å². The highest BCUT2D eigenvalue weighted by Crippen LogP contribution is 2.49. The molecule has 2 unspecified atom stereocenters. The molecule has 114 valence electrons. The van der Waals surface area contributed by atoms with E-state index in [1.807, 2.05) is 25.1 Å². The summed E-state index contributed by atoms with van der Waals surface area (Å²) in [5.41, 5.74) is 0.741. The van der Waals surface area contributed by atoms with Crippen molar-refractivity contribution in [2.45, 2.75) is 38.5 Å². The van der Waals surface area contributed by atoms with Crippen LogP contribution >= 0.6 is 11.6 Å². The van der Waals surface area contributed by atoms with E-state index in [1.165, 1.54) is 5.56 Å². The maximum atomic E-state index is 12.7. The van der Waals surface area contributed by atoms with E-state index >= 15 is 0 Å². The molecule has 21 heavy (non-hydrogen) atoms. The first-order chi connectivity index (χ1) is 10.2. The zero-order valence-electron chi connectivity index (χ0n) is 12.6. The number of carbonyl (C=O) groups is 1. The second kappa shape index (κ2) is 7.65. The predicted octanol–water partition coefficient (Wildman–Crippen LogP) is 4.69. The van der Waals surface area contributed by atoms with Gasteiger partial charge in [0, 0.05) is 11.8 Å². The fraction of sp³-hybridized carbons (Fsp3) is 0.500. The summed E-state index contributed by atoms with van der Waals surface area (Å²) in [4.78, 5) is 12.7. The van der Waals surface area contributed by atoms with Crippen LogP contribution in [0.2, 0.25) is 0 Å². The molecule has 0 saturated carbocycles. The van der Waals surface area contributed by atoms with Gasteiger partial charge in [0.1, 0.15) is 0 Å². The van der Waals surface area contributed by atoms with Crippen LogP contribution in [0, 0.1) is 5.41 Å². The van der Waals surface area contributed by atoms with Crippen LogP contribution in [0.25, 0.3) is 0 Å². The molecule has 0 amide bonds. The van der Waals surface area contributed by atoms with Crippen LogP contribution in [0.3, 0.4) is 0 Å². The van der Waals surface area contributed by atoms with Crippen molar-refractivity contribution in [1.82, 2.24) is 0 Å². The van der Waals surface area contributed by atoms with E-state index in [9.17, 15) is 4.79 Å². The van der Waals surface area contributed by atoms with Crippen LogP contribution < -0.4 is 0 Å². The molecule has 2 atom stereocenters. The highest BCUT2D eigenvalue weighted by atomic mass is 35.5. The van der Waals surface area contributed by atoms with Crippen molar-refractivity contribution >= 4 is 17.6 Å². The van der Waals surface area contributed by atoms with Gasteiger partial charge in [0.25, 0.3) is 0 Å². The van der Waals surface area contributed by atoms with Crippen molar-refractivity contribution in [3.63, 3.8) is 0 Å². The molecule has 0 aliphatic heterocycles. The smallest absolute Gasteiger partial charge is 0.313 e. The molecule has 0 bridgehead atoms. The van der Waals surface area contributed by atoms with Gasteiger partial charge in [-0.1, -0.05) is 42.5 Å². The lowest BCUT2D eigenvalue weighted by molar-refractivity contribution is -0.158. The van der Waals surface area contributed by atoms with Crippen molar-refractivity contribution in [1.29, 1.82) is 0 Å². The van der Waals surface area contributed by atoms with Gasteiger partial charge in [-0.15, -0.1) is 11.6 Å². The zero-order chi connectivity index (χ0) is 15.1. The Morgan fingerprint density at radius 3 is 2.76 bits per heavy atom. The van der Waals surface area contributed by atoms with E-state index in [0.717, 1.165) is 25.7 Å². The van der Waals surface area contributed by atoms with E-state index in [4.69, 9.17) is 16.3 Å². The lowest BCUT2D eigenvalue weighted by atomic mass is 9.63. The molecule has 2 nitrogen and oxygen atoms in total. The lowest BCUT2D eigenvalue weighted by Crippen LogP contribution is -2.40. The van der Waals surface area contributed by atoms with Crippen molar-refractivity contribution in [3.05, 3.63) is 48.0 Å². The monoisotopic (exact) mass is 306 g/mol. The molecular formula is C18H23ClO2. The van der Waals surface area contributed by atoms with Gasteiger partial charge in [0.05, 0.1) is 12.0 Å². The number of hydrogen-bond donors (Lipinski definition) is 0. The first-order valence-corrected chi connectivity index (χ1v) is 8.21. The summed E-state index contributed by atoms with van der Waals surface area (Å²) in [6.07, 6.45) is 7.52. The number of hydrogen-bond acceptors (Lipinski definition) is 2. The van der Waals surface area contributed by atoms with Crippen LogP contribution in [0.1, 0.15) is 44.1 Å². The summed E-state index contributed by atoms with van der Waals surface area (Å²) in [6.45, 7) is 2.29. The van der Waals surface area contributed by atoms with Crippen molar-refractivity contribution in [2.75, 3.05) is 12.5 Å². The molecule has 0 saturated heterocycles. The SMILES string of the molecule is CCOC(=O)C1(CCCCl)CC=CCC1c1ccccc1. The summed E-state index contributed by atoms with van der Waals surface area (Å²) in [7, 11) is 0. The normalized spacial score (nSPS) is 24.8. The Morgan fingerprint density at radius 2 is 2.10 bits per heavy atom. The third-order valence-corrected chi connectivity index (χ3v) is 4.60. The molecule has 0 radical (unpaired) electrons. The van der Waals surface area contributed by atoms with Crippen molar-refractivity contribution < 1.29 is 9.53 Å². The topological polar surface area (TPSA) is 26.3 Å². The summed E-state index contributed by atoms with van der Waals surface area (Å²) < 4.78 is 5.42. The quantitative estimate of drug-likeness (QED) is 0.433. The van der Waals surface area contributed by atoms with Gasteiger partial charge >= 0.3 is 5.97 Å². The molecule has 0 fully saturated rings. The molecule has 0 spiro atoms. The van der Waals surface area contributed by atoms with Crippen molar-refractivity contribution in [2.24, 2.45) is 5.41 Å². The van der Waals surface area contributed by atoms with E-state index < -0.39 is 5.41 Å². The molecule has 1 aliphatic carbocycles. The summed E-state index contributed by atoms with van der Waals surface area (Å²) in [5, 5.41) is 0. The zero-order valence-corrected chi connectivity index (χ0v) is 13.3. The van der Waals surface area contributed by atoms with Gasteiger partial charge in [-0.2, -0.15) is 0 Å². The second-order valence-corrected chi connectivity index (χ2v) is 5.92. The highest BCUT2D eigenvalue weighted by Gasteiger charge is 2.46. The maximum absolute atomic E-state index is 12.7. The van der Waals surface area contributed by atoms with E-state index in [2.05, 4.69) is 24.3 Å². The largest absolute Gasteiger partial charge is 0.466 e. The molecule has 1 aromatic rings. The molecule has 0 heterocycles.